The van der Waals surface area contributed by atoms with Crippen molar-refractivity contribution in [2.75, 3.05) is 17.7 Å². The summed E-state index contributed by atoms with van der Waals surface area (Å²) >= 11 is 3.73. The molecule has 34 heavy (non-hydrogen) atoms. The zero-order valence-corrected chi connectivity index (χ0v) is 20.0. The molecule has 13 heteroatoms. The number of ether oxygens (including phenoxy) is 1. The van der Waals surface area contributed by atoms with E-state index in [-0.39, 0.29) is 35.1 Å². The molecule has 4 rings (SSSR count). The van der Waals surface area contributed by atoms with Crippen molar-refractivity contribution in [1.29, 1.82) is 0 Å². The summed E-state index contributed by atoms with van der Waals surface area (Å²) in [6.45, 7) is 1.93. The summed E-state index contributed by atoms with van der Waals surface area (Å²) in [7, 11) is 0. The molecule has 0 saturated heterocycles. The standard InChI is InChI=1S/C21H16N4O6S3/c1-2-30-20(27)17-14(15-7-4-8-32-15)10-33-19(17)22-16(26)11-34-21-24-23-18(31-21)12-5-3-6-13(9-12)25(28)29/h3-10H,2,11H2,1H3,(H,22,26). The minimum atomic E-state index is -0.515. The number of benzene rings is 1. The molecule has 0 saturated carbocycles. The molecule has 0 aliphatic heterocycles. The summed E-state index contributed by atoms with van der Waals surface area (Å²) in [5.74, 6) is -0.820. The van der Waals surface area contributed by atoms with Gasteiger partial charge in [-0.15, -0.1) is 32.9 Å². The number of aromatic nitrogens is 2. The lowest BCUT2D eigenvalue weighted by Crippen LogP contribution is -2.16. The third kappa shape index (κ3) is 5.32. The largest absolute Gasteiger partial charge is 0.462 e. The minimum absolute atomic E-state index is 0.0505. The molecular formula is C21H16N4O6S3. The Hall–Kier alpha value is -3.55. The first-order chi connectivity index (χ1) is 16.5. The third-order valence-corrected chi connectivity index (χ3v) is 6.96. The maximum atomic E-state index is 12.6. The van der Waals surface area contributed by atoms with E-state index in [2.05, 4.69) is 15.5 Å². The first kappa shape index (κ1) is 23.6. The number of nitrogens with one attached hydrogen (secondary N) is 1. The van der Waals surface area contributed by atoms with Gasteiger partial charge in [0.15, 0.2) is 0 Å². The number of nitrogens with zero attached hydrogens (tertiary/aromatic N) is 3. The Kier molecular flexibility index (Phi) is 7.35. The summed E-state index contributed by atoms with van der Waals surface area (Å²) in [4.78, 5) is 36.5. The van der Waals surface area contributed by atoms with Crippen molar-refractivity contribution in [3.8, 4) is 21.9 Å². The van der Waals surface area contributed by atoms with E-state index in [1.54, 1.807) is 13.0 Å². The Morgan fingerprint density at radius 2 is 2.09 bits per heavy atom. The number of hydrogen-bond donors (Lipinski definition) is 1. The molecule has 1 aromatic carbocycles. The van der Waals surface area contributed by atoms with E-state index in [4.69, 9.17) is 9.15 Å². The lowest BCUT2D eigenvalue weighted by Gasteiger charge is -2.07. The first-order valence-electron chi connectivity index (χ1n) is 9.79. The second-order valence-electron chi connectivity index (χ2n) is 6.57. The molecule has 3 aromatic heterocycles. The number of anilines is 1. The molecule has 0 aliphatic carbocycles. The van der Waals surface area contributed by atoms with Crippen molar-refractivity contribution in [3.63, 3.8) is 0 Å². The number of hydrogen-bond acceptors (Lipinski definition) is 11. The Balaban J connectivity index is 1.44. The molecule has 0 bridgehead atoms. The number of carbonyl (C=O) groups excluding carboxylic acids is 2. The SMILES string of the molecule is CCOC(=O)c1c(-c2cccs2)csc1NC(=O)CSc1nnc(-c2cccc([N+](=O)[O-])c2)o1. The Morgan fingerprint density at radius 3 is 2.82 bits per heavy atom. The zero-order valence-electron chi connectivity index (χ0n) is 17.5. The average Bonchev–Trinajstić information content (AvgIpc) is 3.58. The van der Waals surface area contributed by atoms with E-state index < -0.39 is 10.9 Å². The fourth-order valence-electron chi connectivity index (χ4n) is 2.90. The molecular weight excluding hydrogens is 500 g/mol. The van der Waals surface area contributed by atoms with Crippen molar-refractivity contribution in [1.82, 2.24) is 10.2 Å². The zero-order chi connectivity index (χ0) is 24.1. The quantitative estimate of drug-likeness (QED) is 0.135. The van der Waals surface area contributed by atoms with Gasteiger partial charge in [0, 0.05) is 33.5 Å². The van der Waals surface area contributed by atoms with Gasteiger partial charge in [-0.25, -0.2) is 4.79 Å². The second-order valence-corrected chi connectivity index (χ2v) is 9.32. The van der Waals surface area contributed by atoms with Gasteiger partial charge in [-0.3, -0.25) is 14.9 Å². The van der Waals surface area contributed by atoms with Gasteiger partial charge in [0.1, 0.15) is 10.6 Å². The normalized spacial score (nSPS) is 10.7. The van der Waals surface area contributed by atoms with Gasteiger partial charge in [0.05, 0.1) is 17.3 Å². The monoisotopic (exact) mass is 516 g/mol. The highest BCUT2D eigenvalue weighted by molar-refractivity contribution is 7.99. The third-order valence-electron chi connectivity index (χ3n) is 4.35. The summed E-state index contributed by atoms with van der Waals surface area (Å²) in [6.07, 6.45) is 0. The van der Waals surface area contributed by atoms with E-state index >= 15 is 0 Å². The molecule has 0 spiro atoms. The van der Waals surface area contributed by atoms with Crippen LogP contribution >= 0.6 is 34.4 Å². The van der Waals surface area contributed by atoms with E-state index in [1.807, 2.05) is 22.9 Å². The topological polar surface area (TPSA) is 137 Å². The van der Waals surface area contributed by atoms with Gasteiger partial charge < -0.3 is 14.5 Å². The predicted octanol–water partition coefficient (Wildman–Crippen LogP) is 5.34. The highest BCUT2D eigenvalue weighted by atomic mass is 32.2. The van der Waals surface area contributed by atoms with Crippen LogP contribution in [0.25, 0.3) is 21.9 Å². The smallest absolute Gasteiger partial charge is 0.341 e. The lowest BCUT2D eigenvalue weighted by molar-refractivity contribution is -0.384. The van der Waals surface area contributed by atoms with Crippen LogP contribution in [0.1, 0.15) is 17.3 Å². The molecule has 0 aliphatic rings. The van der Waals surface area contributed by atoms with E-state index in [0.29, 0.717) is 21.7 Å². The minimum Gasteiger partial charge on any atom is -0.462 e. The number of rotatable bonds is 9. The molecule has 0 unspecified atom stereocenters. The number of carbonyl (C=O) groups is 2. The van der Waals surface area contributed by atoms with Crippen LogP contribution in [-0.4, -0.2) is 39.4 Å². The number of esters is 1. The molecule has 0 fully saturated rings. The lowest BCUT2D eigenvalue weighted by atomic mass is 10.1. The summed E-state index contributed by atoms with van der Waals surface area (Å²) in [5, 5.41) is 25.7. The molecule has 0 radical (unpaired) electrons. The number of amides is 1. The van der Waals surface area contributed by atoms with Gasteiger partial charge in [-0.05, 0) is 24.4 Å². The molecule has 3 heterocycles. The van der Waals surface area contributed by atoms with Gasteiger partial charge in [-0.1, -0.05) is 23.9 Å². The van der Waals surface area contributed by atoms with E-state index in [0.717, 1.165) is 16.6 Å². The predicted molar refractivity (Wildman–Crippen MR) is 129 cm³/mol. The number of thioether (sulfide) groups is 1. The fourth-order valence-corrected chi connectivity index (χ4v) is 5.25. The van der Waals surface area contributed by atoms with Crippen LogP contribution in [0, 0.1) is 10.1 Å². The average molecular weight is 517 g/mol. The molecule has 174 valence electrons. The number of non-ortho nitro benzene ring substituents is 1. The van der Waals surface area contributed by atoms with Crippen LogP contribution in [-0.2, 0) is 9.53 Å². The van der Waals surface area contributed by atoms with Crippen molar-refractivity contribution >= 4 is 57.0 Å². The van der Waals surface area contributed by atoms with E-state index in [9.17, 15) is 19.7 Å². The van der Waals surface area contributed by atoms with Crippen LogP contribution < -0.4 is 5.32 Å². The summed E-state index contributed by atoms with van der Waals surface area (Å²) < 4.78 is 10.7. The highest BCUT2D eigenvalue weighted by Crippen LogP contribution is 2.38. The maximum absolute atomic E-state index is 12.6. The molecule has 10 nitrogen and oxygen atoms in total. The number of nitro benzene ring substituents is 1. The van der Waals surface area contributed by atoms with Crippen LogP contribution in [0.15, 0.2) is 56.8 Å². The Bertz CT molecular complexity index is 1330. The van der Waals surface area contributed by atoms with Crippen molar-refractivity contribution in [2.24, 2.45) is 0 Å². The second kappa shape index (κ2) is 10.6. The Morgan fingerprint density at radius 1 is 1.24 bits per heavy atom. The van der Waals surface area contributed by atoms with Crippen molar-refractivity contribution in [2.45, 2.75) is 12.1 Å². The van der Waals surface area contributed by atoms with Crippen molar-refractivity contribution < 1.29 is 23.7 Å². The van der Waals surface area contributed by atoms with E-state index in [1.165, 1.54) is 40.9 Å². The Labute approximate surface area is 205 Å². The molecule has 0 atom stereocenters. The summed E-state index contributed by atoms with van der Waals surface area (Å²) in [6, 6.07) is 9.59. The van der Waals surface area contributed by atoms with Gasteiger partial charge in [0.2, 0.25) is 11.8 Å². The van der Waals surface area contributed by atoms with Crippen molar-refractivity contribution in [3.05, 3.63) is 62.8 Å². The molecule has 1 amide bonds. The van der Waals surface area contributed by atoms with Gasteiger partial charge in [0.25, 0.3) is 10.9 Å². The van der Waals surface area contributed by atoms with Gasteiger partial charge >= 0.3 is 5.97 Å². The highest BCUT2D eigenvalue weighted by Gasteiger charge is 2.23. The maximum Gasteiger partial charge on any atom is 0.341 e. The van der Waals surface area contributed by atoms with Crippen LogP contribution in [0.2, 0.25) is 0 Å². The van der Waals surface area contributed by atoms with Crippen LogP contribution in [0.4, 0.5) is 10.7 Å². The van der Waals surface area contributed by atoms with Crippen LogP contribution in [0.3, 0.4) is 0 Å². The number of nitro groups is 1. The molecule has 1 N–H and O–H groups in total. The van der Waals surface area contributed by atoms with Gasteiger partial charge in [-0.2, -0.15) is 0 Å². The fraction of sp³-hybridized carbons (Fsp3) is 0.143. The summed E-state index contributed by atoms with van der Waals surface area (Å²) in [5.41, 5.74) is 1.33. The number of thiophene rings is 2. The van der Waals surface area contributed by atoms with Crippen LogP contribution in [0.5, 0.6) is 0 Å². The first-order valence-corrected chi connectivity index (χ1v) is 12.5. The molecule has 4 aromatic rings.